The van der Waals surface area contributed by atoms with Crippen LogP contribution >= 0.6 is 11.3 Å². The Morgan fingerprint density at radius 3 is 2.72 bits per heavy atom. The Bertz CT molecular complexity index is 870. The molecule has 0 aliphatic carbocycles. The molecule has 0 saturated carbocycles. The molecular weight excluding hydrogens is 332 g/mol. The minimum Gasteiger partial charge on any atom is -0.424 e. The third-order valence-electron chi connectivity index (χ3n) is 4.60. The van der Waals surface area contributed by atoms with E-state index >= 15 is 0 Å². The molecule has 2 aromatic heterocycles. The Hall–Kier alpha value is -2.05. The second kappa shape index (κ2) is 6.69. The van der Waals surface area contributed by atoms with Gasteiger partial charge in [-0.3, -0.25) is 4.90 Å². The lowest BCUT2D eigenvalue weighted by Gasteiger charge is -2.34. The van der Waals surface area contributed by atoms with Gasteiger partial charge in [-0.25, -0.2) is 4.98 Å². The van der Waals surface area contributed by atoms with Crippen molar-refractivity contribution in [3.05, 3.63) is 63.3 Å². The zero-order chi connectivity index (χ0) is 17.4. The van der Waals surface area contributed by atoms with Crippen LogP contribution in [0.4, 0.5) is 0 Å². The number of hydrogen-bond donors (Lipinski definition) is 0. The third-order valence-corrected chi connectivity index (χ3v) is 5.80. The summed E-state index contributed by atoms with van der Waals surface area (Å²) < 4.78 is 5.77. The van der Waals surface area contributed by atoms with Crippen LogP contribution < -0.4 is 0 Å². The molecule has 0 bridgehead atoms. The monoisotopic (exact) mass is 354 g/mol. The summed E-state index contributed by atoms with van der Waals surface area (Å²) in [5.41, 5.74) is 3.85. The van der Waals surface area contributed by atoms with Gasteiger partial charge in [0.25, 0.3) is 0 Å². The molecule has 3 aromatic rings. The highest BCUT2D eigenvalue weighted by molar-refractivity contribution is 7.09. The number of fused-ring (bicyclic) bond motifs is 1. The molecule has 0 spiro atoms. The smallest absolute Gasteiger partial charge is 0.233 e. The summed E-state index contributed by atoms with van der Waals surface area (Å²) in [6.45, 7) is 7.88. The first-order valence-corrected chi connectivity index (χ1v) is 9.53. The molecule has 1 unspecified atom stereocenters. The summed E-state index contributed by atoms with van der Waals surface area (Å²) in [4.78, 5) is 7.20. The van der Waals surface area contributed by atoms with E-state index in [1.807, 2.05) is 6.92 Å². The van der Waals surface area contributed by atoms with Crippen LogP contribution in [-0.2, 0) is 19.5 Å². The Kier molecular flexibility index (Phi) is 4.39. The summed E-state index contributed by atoms with van der Waals surface area (Å²) in [5, 5.41) is 11.7. The highest BCUT2D eigenvalue weighted by Gasteiger charge is 2.31. The Balaban J connectivity index is 1.64. The van der Waals surface area contributed by atoms with Gasteiger partial charge >= 0.3 is 0 Å². The van der Waals surface area contributed by atoms with Crippen LogP contribution in [0.1, 0.15) is 59.4 Å². The van der Waals surface area contributed by atoms with Crippen molar-refractivity contribution < 1.29 is 4.42 Å². The van der Waals surface area contributed by atoms with Gasteiger partial charge in [-0.2, -0.15) is 0 Å². The first-order valence-electron chi connectivity index (χ1n) is 8.65. The van der Waals surface area contributed by atoms with E-state index in [4.69, 9.17) is 9.40 Å². The van der Waals surface area contributed by atoms with Gasteiger partial charge in [-0.15, -0.1) is 21.5 Å². The molecule has 1 aromatic carbocycles. The minimum atomic E-state index is 0.0975. The molecule has 4 rings (SSSR count). The fourth-order valence-corrected chi connectivity index (χ4v) is 4.13. The second-order valence-corrected chi connectivity index (χ2v) is 7.77. The van der Waals surface area contributed by atoms with E-state index in [1.165, 1.54) is 16.1 Å². The number of aromatic nitrogens is 3. The van der Waals surface area contributed by atoms with Crippen molar-refractivity contribution in [1.82, 2.24) is 20.1 Å². The number of hydrogen-bond acceptors (Lipinski definition) is 6. The average molecular weight is 354 g/mol. The summed E-state index contributed by atoms with van der Waals surface area (Å²) in [6.07, 6.45) is 0.888. The van der Waals surface area contributed by atoms with Gasteiger partial charge in [0, 0.05) is 31.3 Å². The first kappa shape index (κ1) is 16.4. The van der Waals surface area contributed by atoms with Crippen molar-refractivity contribution >= 4 is 11.3 Å². The normalized spacial score (nSPS) is 17.8. The topological polar surface area (TPSA) is 55.1 Å². The lowest BCUT2D eigenvalue weighted by Crippen LogP contribution is -2.34. The molecule has 0 radical (unpaired) electrons. The van der Waals surface area contributed by atoms with Gasteiger partial charge in [0.2, 0.25) is 11.8 Å². The molecule has 3 heterocycles. The van der Waals surface area contributed by atoms with Crippen LogP contribution in [0.3, 0.4) is 0 Å². The van der Waals surface area contributed by atoms with Crippen molar-refractivity contribution in [2.75, 3.05) is 0 Å². The quantitative estimate of drug-likeness (QED) is 0.701. The fraction of sp³-hybridized carbons (Fsp3) is 0.421. The van der Waals surface area contributed by atoms with Gasteiger partial charge in [-0.05, 0) is 17.5 Å². The number of rotatable bonds is 4. The maximum Gasteiger partial charge on any atom is 0.233 e. The lowest BCUT2D eigenvalue weighted by atomic mass is 9.94. The zero-order valence-electron chi connectivity index (χ0n) is 14.8. The predicted octanol–water partition coefficient (Wildman–Crippen LogP) is 4.26. The number of aryl methyl sites for hydroxylation is 1. The molecule has 130 valence electrons. The SMILES string of the molecule is Cc1nnc(C2Cc3ccccc3CN2Cc2csc(C(C)C)n2)o1. The van der Waals surface area contributed by atoms with Gasteiger partial charge in [0.15, 0.2) is 0 Å². The summed E-state index contributed by atoms with van der Waals surface area (Å²) in [6, 6.07) is 8.70. The van der Waals surface area contributed by atoms with Crippen LogP contribution in [0.5, 0.6) is 0 Å². The fourth-order valence-electron chi connectivity index (χ4n) is 3.30. The molecule has 0 fully saturated rings. The third kappa shape index (κ3) is 3.37. The summed E-state index contributed by atoms with van der Waals surface area (Å²) in [5.74, 6) is 1.78. The highest BCUT2D eigenvalue weighted by Crippen LogP contribution is 2.34. The van der Waals surface area contributed by atoms with Crippen LogP contribution in [0, 0.1) is 6.92 Å². The van der Waals surface area contributed by atoms with Crippen LogP contribution in [0.2, 0.25) is 0 Å². The van der Waals surface area contributed by atoms with E-state index in [9.17, 15) is 0 Å². The highest BCUT2D eigenvalue weighted by atomic mass is 32.1. The van der Waals surface area contributed by atoms with Gasteiger partial charge in [0.05, 0.1) is 16.7 Å². The molecule has 6 heteroatoms. The number of benzene rings is 1. The lowest BCUT2D eigenvalue weighted by molar-refractivity contribution is 0.136. The minimum absolute atomic E-state index is 0.0975. The van der Waals surface area contributed by atoms with E-state index in [2.05, 4.69) is 58.6 Å². The molecule has 1 aliphatic rings. The molecule has 0 N–H and O–H groups in total. The molecule has 1 aliphatic heterocycles. The van der Waals surface area contributed by atoms with Crippen molar-refractivity contribution in [2.45, 2.75) is 52.2 Å². The predicted molar refractivity (Wildman–Crippen MR) is 97.4 cm³/mol. The van der Waals surface area contributed by atoms with Crippen LogP contribution in [-0.4, -0.2) is 20.1 Å². The number of nitrogens with zero attached hydrogens (tertiary/aromatic N) is 4. The standard InChI is InChI=1S/C19H22N4OS/c1-12(2)19-20-16(11-25-19)10-23-9-15-7-5-4-6-14(15)8-17(23)18-22-21-13(3)24-18/h4-7,11-12,17H,8-10H2,1-3H3. The largest absolute Gasteiger partial charge is 0.424 e. The van der Waals surface area contributed by atoms with E-state index in [0.717, 1.165) is 25.2 Å². The summed E-state index contributed by atoms with van der Waals surface area (Å²) >= 11 is 1.74. The molecule has 1 atom stereocenters. The van der Waals surface area contributed by atoms with E-state index < -0.39 is 0 Å². The van der Waals surface area contributed by atoms with E-state index in [-0.39, 0.29) is 6.04 Å². The average Bonchev–Trinajstić information content (AvgIpc) is 3.23. The second-order valence-electron chi connectivity index (χ2n) is 6.88. The van der Waals surface area contributed by atoms with Crippen LogP contribution in [0.25, 0.3) is 0 Å². The maximum atomic E-state index is 5.77. The Morgan fingerprint density at radius 1 is 1.24 bits per heavy atom. The zero-order valence-corrected chi connectivity index (χ0v) is 15.6. The van der Waals surface area contributed by atoms with Crippen molar-refractivity contribution in [2.24, 2.45) is 0 Å². The molecule has 5 nitrogen and oxygen atoms in total. The first-order chi connectivity index (χ1) is 12.1. The maximum absolute atomic E-state index is 5.77. The van der Waals surface area contributed by atoms with Crippen LogP contribution in [0.15, 0.2) is 34.1 Å². The van der Waals surface area contributed by atoms with Crippen molar-refractivity contribution in [1.29, 1.82) is 0 Å². The van der Waals surface area contributed by atoms with Gasteiger partial charge < -0.3 is 4.42 Å². The van der Waals surface area contributed by atoms with E-state index in [0.29, 0.717) is 17.7 Å². The molecule has 0 saturated heterocycles. The van der Waals surface area contributed by atoms with Crippen molar-refractivity contribution in [3.8, 4) is 0 Å². The Labute approximate surface area is 151 Å². The molecular formula is C19H22N4OS. The van der Waals surface area contributed by atoms with Crippen molar-refractivity contribution in [3.63, 3.8) is 0 Å². The molecule has 0 amide bonds. The van der Waals surface area contributed by atoms with Gasteiger partial charge in [0.1, 0.15) is 0 Å². The van der Waals surface area contributed by atoms with E-state index in [1.54, 1.807) is 11.3 Å². The summed E-state index contributed by atoms with van der Waals surface area (Å²) in [7, 11) is 0. The molecule has 25 heavy (non-hydrogen) atoms. The number of thiazole rings is 1. The van der Waals surface area contributed by atoms with Gasteiger partial charge in [-0.1, -0.05) is 38.1 Å². The Morgan fingerprint density at radius 2 is 2.04 bits per heavy atom.